The van der Waals surface area contributed by atoms with Gasteiger partial charge in [-0.2, -0.15) is 0 Å². The highest BCUT2D eigenvalue weighted by Gasteiger charge is 2.39. The van der Waals surface area contributed by atoms with Crippen LogP contribution in [0.25, 0.3) is 0 Å². The average Bonchev–Trinajstić information content (AvgIpc) is 2.89. The Balaban J connectivity index is 2.13. The molecule has 1 aromatic carbocycles. The summed E-state index contributed by atoms with van der Waals surface area (Å²) in [5.74, 6) is 0.176. The van der Waals surface area contributed by atoms with E-state index in [9.17, 15) is 9.59 Å². The van der Waals surface area contributed by atoms with Gasteiger partial charge in [0, 0.05) is 6.42 Å². The van der Waals surface area contributed by atoms with Crippen molar-refractivity contribution in [2.24, 2.45) is 11.8 Å². The van der Waals surface area contributed by atoms with E-state index in [1.54, 1.807) is 0 Å². The van der Waals surface area contributed by atoms with Crippen molar-refractivity contribution in [3.63, 3.8) is 0 Å². The van der Waals surface area contributed by atoms with Crippen LogP contribution in [0, 0.1) is 11.8 Å². The fraction of sp³-hybridized carbons (Fsp3) is 0.412. The summed E-state index contributed by atoms with van der Waals surface area (Å²) in [5.41, 5.74) is 0.918. The van der Waals surface area contributed by atoms with E-state index in [0.717, 1.165) is 5.56 Å². The van der Waals surface area contributed by atoms with Crippen molar-refractivity contribution in [1.82, 2.24) is 4.90 Å². The van der Waals surface area contributed by atoms with Crippen LogP contribution in [0.5, 0.6) is 0 Å². The molecule has 112 valence electrons. The number of nitrogens with zero attached hydrogens (tertiary/aromatic N) is 1. The molecule has 0 aromatic heterocycles. The molecule has 4 nitrogen and oxygen atoms in total. The zero-order valence-corrected chi connectivity index (χ0v) is 12.5. The molecule has 1 heterocycles. The molecule has 1 aromatic rings. The fourth-order valence-electron chi connectivity index (χ4n) is 2.41. The molecule has 4 heteroatoms. The Labute approximate surface area is 125 Å². The highest BCUT2D eigenvalue weighted by molar-refractivity contribution is 5.93. The molecule has 0 aliphatic carbocycles. The van der Waals surface area contributed by atoms with Crippen LogP contribution in [-0.4, -0.2) is 23.5 Å². The zero-order valence-electron chi connectivity index (χ0n) is 12.5. The van der Waals surface area contributed by atoms with Gasteiger partial charge in [0.1, 0.15) is 12.6 Å². The SMILES string of the molecule is C=C[C@H](C)[C@H](C)CC(=O)N1C(=O)OC[C@H]1c1ccccc1. The lowest BCUT2D eigenvalue weighted by molar-refractivity contribution is -0.130. The van der Waals surface area contributed by atoms with Crippen LogP contribution in [0.3, 0.4) is 0 Å². The molecule has 3 atom stereocenters. The number of hydrogen-bond acceptors (Lipinski definition) is 3. The van der Waals surface area contributed by atoms with Gasteiger partial charge in [-0.25, -0.2) is 9.69 Å². The van der Waals surface area contributed by atoms with Gasteiger partial charge in [0.05, 0.1) is 0 Å². The molecule has 0 N–H and O–H groups in total. The van der Waals surface area contributed by atoms with Gasteiger partial charge in [-0.3, -0.25) is 4.79 Å². The highest BCUT2D eigenvalue weighted by Crippen LogP contribution is 2.29. The van der Waals surface area contributed by atoms with Gasteiger partial charge < -0.3 is 4.74 Å². The summed E-state index contributed by atoms with van der Waals surface area (Å²) in [6.07, 6.45) is 1.59. The van der Waals surface area contributed by atoms with Crippen molar-refractivity contribution in [2.75, 3.05) is 6.61 Å². The number of amides is 2. The number of rotatable bonds is 5. The normalized spacial score (nSPS) is 20.8. The summed E-state index contributed by atoms with van der Waals surface area (Å²) in [4.78, 5) is 25.6. The molecule has 1 saturated heterocycles. The van der Waals surface area contributed by atoms with E-state index in [0.29, 0.717) is 6.42 Å². The van der Waals surface area contributed by atoms with Crippen molar-refractivity contribution >= 4 is 12.0 Å². The highest BCUT2D eigenvalue weighted by atomic mass is 16.6. The Bertz CT molecular complexity index is 526. The standard InChI is InChI=1S/C17H21NO3/c1-4-12(2)13(3)10-16(19)18-15(11-21-17(18)20)14-8-6-5-7-9-14/h4-9,12-13,15H,1,10-11H2,2-3H3/t12-,13+,15-/m0/s1. The van der Waals surface area contributed by atoms with Crippen LogP contribution in [0.15, 0.2) is 43.0 Å². The van der Waals surface area contributed by atoms with E-state index in [1.165, 1.54) is 4.90 Å². The minimum atomic E-state index is -0.549. The number of carbonyl (C=O) groups is 2. The largest absolute Gasteiger partial charge is 0.446 e. The number of allylic oxidation sites excluding steroid dienone is 1. The maximum atomic E-state index is 12.5. The van der Waals surface area contributed by atoms with Crippen LogP contribution in [0.2, 0.25) is 0 Å². The summed E-state index contributed by atoms with van der Waals surface area (Å²) in [5, 5.41) is 0. The summed E-state index contributed by atoms with van der Waals surface area (Å²) < 4.78 is 5.07. The molecule has 0 saturated carbocycles. The Morgan fingerprint density at radius 2 is 2.10 bits per heavy atom. The summed E-state index contributed by atoms with van der Waals surface area (Å²) >= 11 is 0. The van der Waals surface area contributed by atoms with Crippen molar-refractivity contribution in [3.05, 3.63) is 48.6 Å². The smallest absolute Gasteiger partial charge is 0.417 e. The third-order valence-corrected chi connectivity index (χ3v) is 4.09. The lowest BCUT2D eigenvalue weighted by Gasteiger charge is -2.23. The number of imide groups is 1. The van der Waals surface area contributed by atoms with Crippen LogP contribution < -0.4 is 0 Å². The average molecular weight is 287 g/mol. The van der Waals surface area contributed by atoms with Crippen molar-refractivity contribution < 1.29 is 14.3 Å². The number of cyclic esters (lactones) is 1. The Kier molecular flexibility index (Phi) is 4.78. The maximum absolute atomic E-state index is 12.5. The Hall–Kier alpha value is -2.10. The van der Waals surface area contributed by atoms with Crippen molar-refractivity contribution in [3.8, 4) is 0 Å². The lowest BCUT2D eigenvalue weighted by atomic mass is 9.92. The molecular weight excluding hydrogens is 266 g/mol. The molecule has 2 amide bonds. The number of hydrogen-bond donors (Lipinski definition) is 0. The molecule has 0 unspecified atom stereocenters. The molecule has 1 fully saturated rings. The second-order valence-electron chi connectivity index (χ2n) is 5.54. The predicted molar refractivity (Wildman–Crippen MR) is 80.5 cm³/mol. The predicted octanol–water partition coefficient (Wildman–Crippen LogP) is 3.55. The first-order valence-electron chi connectivity index (χ1n) is 7.21. The topological polar surface area (TPSA) is 46.6 Å². The molecule has 1 aliphatic rings. The summed E-state index contributed by atoms with van der Waals surface area (Å²) in [7, 11) is 0. The second-order valence-corrected chi connectivity index (χ2v) is 5.54. The molecule has 0 bridgehead atoms. The minimum absolute atomic E-state index is 0.139. The quantitative estimate of drug-likeness (QED) is 0.778. The van der Waals surface area contributed by atoms with E-state index >= 15 is 0 Å². The second kappa shape index (κ2) is 6.57. The Morgan fingerprint density at radius 3 is 2.71 bits per heavy atom. The fourth-order valence-corrected chi connectivity index (χ4v) is 2.41. The molecule has 21 heavy (non-hydrogen) atoms. The van der Waals surface area contributed by atoms with Gasteiger partial charge in [-0.05, 0) is 17.4 Å². The zero-order chi connectivity index (χ0) is 15.4. The number of ether oxygens (including phenoxy) is 1. The van der Waals surface area contributed by atoms with Gasteiger partial charge in [-0.1, -0.05) is 50.3 Å². The van der Waals surface area contributed by atoms with Gasteiger partial charge in [0.15, 0.2) is 0 Å². The molecule has 0 spiro atoms. The van der Waals surface area contributed by atoms with Crippen LogP contribution in [-0.2, 0) is 9.53 Å². The summed E-state index contributed by atoms with van der Waals surface area (Å²) in [6.45, 7) is 7.97. The van der Waals surface area contributed by atoms with E-state index in [1.807, 2.05) is 50.3 Å². The van der Waals surface area contributed by atoms with E-state index in [4.69, 9.17) is 4.74 Å². The van der Waals surface area contributed by atoms with E-state index < -0.39 is 6.09 Å². The van der Waals surface area contributed by atoms with E-state index in [-0.39, 0.29) is 30.4 Å². The van der Waals surface area contributed by atoms with E-state index in [2.05, 4.69) is 6.58 Å². The number of benzene rings is 1. The van der Waals surface area contributed by atoms with Crippen LogP contribution in [0.1, 0.15) is 31.9 Å². The van der Waals surface area contributed by atoms with Crippen LogP contribution in [0.4, 0.5) is 4.79 Å². The first-order valence-corrected chi connectivity index (χ1v) is 7.21. The van der Waals surface area contributed by atoms with Crippen LogP contribution >= 0.6 is 0 Å². The Morgan fingerprint density at radius 1 is 1.43 bits per heavy atom. The molecule has 0 radical (unpaired) electrons. The van der Waals surface area contributed by atoms with Gasteiger partial charge in [0.2, 0.25) is 5.91 Å². The molecule has 1 aliphatic heterocycles. The minimum Gasteiger partial charge on any atom is -0.446 e. The van der Waals surface area contributed by atoms with Crippen molar-refractivity contribution in [2.45, 2.75) is 26.3 Å². The van der Waals surface area contributed by atoms with Gasteiger partial charge in [0.25, 0.3) is 0 Å². The third kappa shape index (κ3) is 3.32. The maximum Gasteiger partial charge on any atom is 0.417 e. The third-order valence-electron chi connectivity index (χ3n) is 4.09. The van der Waals surface area contributed by atoms with Gasteiger partial charge >= 0.3 is 6.09 Å². The first-order chi connectivity index (χ1) is 10.0. The first kappa shape index (κ1) is 15.3. The molecular formula is C17H21NO3. The van der Waals surface area contributed by atoms with Gasteiger partial charge in [-0.15, -0.1) is 6.58 Å². The molecule has 2 rings (SSSR count). The summed E-state index contributed by atoms with van der Waals surface area (Å²) in [6, 6.07) is 9.18. The number of carbonyl (C=O) groups excluding carboxylic acids is 2. The van der Waals surface area contributed by atoms with Crippen molar-refractivity contribution in [1.29, 1.82) is 0 Å². The monoisotopic (exact) mass is 287 g/mol. The lowest BCUT2D eigenvalue weighted by Crippen LogP contribution is -2.35.